The van der Waals surface area contributed by atoms with Gasteiger partial charge in [-0.1, -0.05) is 42.5 Å². The average molecular weight is 440 g/mol. The SMILES string of the molecule is COC(=O)c1ccccc1Nc1nc(N2CCN(c3ccccc3)CC2)c2ccccc2n1. The standard InChI is InChI=1S/C26H25N5O2/c1-33-25(32)21-12-6-8-14-23(21)28-26-27-22-13-7-5-11-20(22)24(29-26)31-17-15-30(16-18-31)19-9-3-2-4-10-19/h2-14H,15-18H2,1H3,(H,27,28,29). The summed E-state index contributed by atoms with van der Waals surface area (Å²) in [7, 11) is 1.37. The van der Waals surface area contributed by atoms with Crippen LogP contribution in [-0.2, 0) is 4.74 Å². The van der Waals surface area contributed by atoms with Gasteiger partial charge in [0.2, 0.25) is 5.95 Å². The molecule has 0 saturated carbocycles. The minimum atomic E-state index is -0.406. The summed E-state index contributed by atoms with van der Waals surface area (Å²) >= 11 is 0. The van der Waals surface area contributed by atoms with Crippen molar-refractivity contribution in [1.29, 1.82) is 0 Å². The van der Waals surface area contributed by atoms with Crippen LogP contribution in [0.15, 0.2) is 78.9 Å². The van der Waals surface area contributed by atoms with Gasteiger partial charge in [-0.05, 0) is 36.4 Å². The van der Waals surface area contributed by atoms with Crippen LogP contribution in [0.25, 0.3) is 10.9 Å². The number of methoxy groups -OCH3 is 1. The molecule has 33 heavy (non-hydrogen) atoms. The number of anilines is 4. The first-order valence-electron chi connectivity index (χ1n) is 11.0. The summed E-state index contributed by atoms with van der Waals surface area (Å²) in [6.07, 6.45) is 0. The van der Waals surface area contributed by atoms with Crippen LogP contribution in [0.4, 0.5) is 23.1 Å². The monoisotopic (exact) mass is 439 g/mol. The molecule has 7 nitrogen and oxygen atoms in total. The van der Waals surface area contributed by atoms with E-state index in [1.54, 1.807) is 12.1 Å². The first-order valence-corrected chi connectivity index (χ1v) is 11.0. The molecule has 1 N–H and O–H groups in total. The number of piperazine rings is 1. The first kappa shape index (κ1) is 20.8. The van der Waals surface area contributed by atoms with Crippen LogP contribution >= 0.6 is 0 Å². The third-order valence-corrected chi connectivity index (χ3v) is 5.86. The summed E-state index contributed by atoms with van der Waals surface area (Å²) in [6.45, 7) is 3.54. The fourth-order valence-corrected chi connectivity index (χ4v) is 4.17. The lowest BCUT2D eigenvalue weighted by molar-refractivity contribution is 0.0602. The highest BCUT2D eigenvalue weighted by atomic mass is 16.5. The van der Waals surface area contributed by atoms with E-state index >= 15 is 0 Å². The van der Waals surface area contributed by atoms with Crippen molar-refractivity contribution in [3.63, 3.8) is 0 Å². The molecular formula is C26H25N5O2. The summed E-state index contributed by atoms with van der Waals surface area (Å²) in [4.78, 5) is 26.5. The number of nitrogens with one attached hydrogen (secondary N) is 1. The second-order valence-electron chi connectivity index (χ2n) is 7.86. The van der Waals surface area contributed by atoms with E-state index in [4.69, 9.17) is 14.7 Å². The molecular weight excluding hydrogens is 414 g/mol. The molecule has 1 aromatic heterocycles. The van der Waals surface area contributed by atoms with Gasteiger partial charge in [-0.3, -0.25) is 0 Å². The number of nitrogens with zero attached hydrogens (tertiary/aromatic N) is 4. The van der Waals surface area contributed by atoms with Gasteiger partial charge in [0, 0.05) is 37.3 Å². The number of benzene rings is 3. The molecule has 5 rings (SSSR count). The van der Waals surface area contributed by atoms with Gasteiger partial charge in [0.25, 0.3) is 0 Å². The van der Waals surface area contributed by atoms with E-state index in [1.807, 2.05) is 36.4 Å². The molecule has 0 unspecified atom stereocenters. The Morgan fingerprint density at radius 1 is 0.818 bits per heavy atom. The molecule has 1 aliphatic rings. The zero-order valence-corrected chi connectivity index (χ0v) is 18.4. The molecule has 7 heteroatoms. The van der Waals surface area contributed by atoms with Gasteiger partial charge >= 0.3 is 5.97 Å². The van der Waals surface area contributed by atoms with Crippen molar-refractivity contribution in [2.45, 2.75) is 0 Å². The third-order valence-electron chi connectivity index (χ3n) is 5.86. The van der Waals surface area contributed by atoms with E-state index < -0.39 is 5.97 Å². The quantitative estimate of drug-likeness (QED) is 0.460. The predicted molar refractivity (Wildman–Crippen MR) is 131 cm³/mol. The van der Waals surface area contributed by atoms with Gasteiger partial charge in [0.05, 0.1) is 23.9 Å². The summed E-state index contributed by atoms with van der Waals surface area (Å²) in [5, 5.41) is 4.25. The Hall–Kier alpha value is -4.13. The highest BCUT2D eigenvalue weighted by Gasteiger charge is 2.21. The normalized spacial score (nSPS) is 13.7. The van der Waals surface area contributed by atoms with E-state index in [-0.39, 0.29) is 0 Å². The number of fused-ring (bicyclic) bond motifs is 1. The first-order chi connectivity index (χ1) is 16.2. The summed E-state index contributed by atoms with van der Waals surface area (Å²) in [5.74, 6) is 0.938. The number of ether oxygens (including phenoxy) is 1. The second-order valence-corrected chi connectivity index (χ2v) is 7.86. The fourth-order valence-electron chi connectivity index (χ4n) is 4.17. The molecule has 0 bridgehead atoms. The van der Waals surface area contributed by atoms with E-state index in [1.165, 1.54) is 12.8 Å². The summed E-state index contributed by atoms with van der Waals surface area (Å²) < 4.78 is 4.92. The number of rotatable bonds is 5. The summed E-state index contributed by atoms with van der Waals surface area (Å²) in [5.41, 5.74) is 3.15. The molecule has 0 radical (unpaired) electrons. The molecule has 166 valence electrons. The maximum atomic E-state index is 12.2. The molecule has 4 aromatic rings. The number of hydrogen-bond acceptors (Lipinski definition) is 7. The smallest absolute Gasteiger partial charge is 0.339 e. The number of carbonyl (C=O) groups is 1. The molecule has 1 aliphatic heterocycles. The molecule has 1 saturated heterocycles. The lowest BCUT2D eigenvalue weighted by atomic mass is 10.2. The van der Waals surface area contributed by atoms with Gasteiger partial charge in [-0.2, -0.15) is 4.98 Å². The maximum Gasteiger partial charge on any atom is 0.339 e. The highest BCUT2D eigenvalue weighted by molar-refractivity contribution is 5.96. The zero-order chi connectivity index (χ0) is 22.6. The third kappa shape index (κ3) is 4.30. The Bertz CT molecular complexity index is 1270. The predicted octanol–water partition coefficient (Wildman–Crippen LogP) is 4.49. The minimum Gasteiger partial charge on any atom is -0.465 e. The Morgan fingerprint density at radius 3 is 2.27 bits per heavy atom. The lowest BCUT2D eigenvalue weighted by Gasteiger charge is -2.37. The van der Waals surface area contributed by atoms with Crippen LogP contribution in [0.2, 0.25) is 0 Å². The molecule has 2 heterocycles. The molecule has 0 atom stereocenters. The molecule has 0 spiro atoms. The molecule has 0 aliphatic carbocycles. The molecule has 0 amide bonds. The highest BCUT2D eigenvalue weighted by Crippen LogP contribution is 2.29. The number of hydrogen-bond donors (Lipinski definition) is 1. The largest absolute Gasteiger partial charge is 0.465 e. The van der Waals surface area contributed by atoms with Crippen LogP contribution in [0, 0.1) is 0 Å². The molecule has 1 fully saturated rings. The number of esters is 1. The van der Waals surface area contributed by atoms with Crippen molar-refractivity contribution in [3.05, 3.63) is 84.4 Å². The van der Waals surface area contributed by atoms with Gasteiger partial charge in [-0.15, -0.1) is 0 Å². The van der Waals surface area contributed by atoms with Crippen molar-refractivity contribution >= 4 is 40.0 Å². The number of para-hydroxylation sites is 3. The zero-order valence-electron chi connectivity index (χ0n) is 18.4. The van der Waals surface area contributed by atoms with Crippen LogP contribution in [0.5, 0.6) is 0 Å². The Morgan fingerprint density at radius 2 is 1.48 bits per heavy atom. The topological polar surface area (TPSA) is 70.6 Å². The average Bonchev–Trinajstić information content (AvgIpc) is 2.89. The van der Waals surface area contributed by atoms with E-state index in [9.17, 15) is 4.79 Å². The Kier molecular flexibility index (Phi) is 5.76. The van der Waals surface area contributed by atoms with E-state index in [0.717, 1.165) is 42.9 Å². The minimum absolute atomic E-state index is 0.406. The molecule has 3 aromatic carbocycles. The van der Waals surface area contributed by atoms with Crippen molar-refractivity contribution in [3.8, 4) is 0 Å². The number of carbonyl (C=O) groups excluding carboxylic acids is 1. The van der Waals surface area contributed by atoms with Crippen molar-refractivity contribution in [2.75, 3.05) is 48.4 Å². The van der Waals surface area contributed by atoms with E-state index in [0.29, 0.717) is 17.2 Å². The van der Waals surface area contributed by atoms with Crippen LogP contribution in [0.1, 0.15) is 10.4 Å². The van der Waals surface area contributed by atoms with Gasteiger partial charge in [0.1, 0.15) is 5.82 Å². The maximum absolute atomic E-state index is 12.2. The lowest BCUT2D eigenvalue weighted by Crippen LogP contribution is -2.47. The fraction of sp³-hybridized carbons (Fsp3) is 0.192. The van der Waals surface area contributed by atoms with Gasteiger partial charge in [-0.25, -0.2) is 9.78 Å². The van der Waals surface area contributed by atoms with Crippen LogP contribution in [0.3, 0.4) is 0 Å². The second kappa shape index (κ2) is 9.16. The van der Waals surface area contributed by atoms with Crippen LogP contribution in [-0.4, -0.2) is 49.2 Å². The summed E-state index contributed by atoms with van der Waals surface area (Å²) in [6, 6.07) is 25.7. The van der Waals surface area contributed by atoms with Gasteiger partial charge < -0.3 is 19.9 Å². The van der Waals surface area contributed by atoms with Crippen molar-refractivity contribution in [1.82, 2.24) is 9.97 Å². The number of aromatic nitrogens is 2. The Labute approximate surface area is 192 Å². The van der Waals surface area contributed by atoms with E-state index in [2.05, 4.69) is 45.4 Å². The van der Waals surface area contributed by atoms with Crippen molar-refractivity contribution < 1.29 is 9.53 Å². The van der Waals surface area contributed by atoms with Crippen LogP contribution < -0.4 is 15.1 Å². The van der Waals surface area contributed by atoms with Gasteiger partial charge in [0.15, 0.2) is 0 Å². The van der Waals surface area contributed by atoms with Crippen molar-refractivity contribution in [2.24, 2.45) is 0 Å². The Balaban J connectivity index is 1.45.